The second kappa shape index (κ2) is 8.35. The van der Waals surface area contributed by atoms with E-state index in [0.717, 1.165) is 16.3 Å². The minimum Gasteiger partial charge on any atom is -0.366 e. The highest BCUT2D eigenvalue weighted by Crippen LogP contribution is 2.32. The van der Waals surface area contributed by atoms with Crippen LogP contribution in [0.3, 0.4) is 0 Å². The van der Waals surface area contributed by atoms with Crippen molar-refractivity contribution in [3.05, 3.63) is 70.9 Å². The van der Waals surface area contributed by atoms with Crippen molar-refractivity contribution < 1.29 is 9.18 Å². The van der Waals surface area contributed by atoms with Crippen LogP contribution in [0.5, 0.6) is 0 Å². The van der Waals surface area contributed by atoms with E-state index >= 15 is 0 Å². The van der Waals surface area contributed by atoms with Gasteiger partial charge >= 0.3 is 0 Å². The zero-order chi connectivity index (χ0) is 23.1. The van der Waals surface area contributed by atoms with Gasteiger partial charge in [0.15, 0.2) is 0 Å². The summed E-state index contributed by atoms with van der Waals surface area (Å²) in [5.41, 5.74) is 1.69. The van der Waals surface area contributed by atoms with Gasteiger partial charge in [-0.25, -0.2) is 9.07 Å². The Morgan fingerprint density at radius 3 is 2.45 bits per heavy atom. The third-order valence-electron chi connectivity index (χ3n) is 6.57. The molecule has 1 amide bonds. The van der Waals surface area contributed by atoms with Crippen LogP contribution in [-0.4, -0.2) is 51.3 Å². The average Bonchev–Trinajstić information content (AvgIpc) is 3.17. The predicted octanol–water partition coefficient (Wildman–Crippen LogP) is 3.33. The largest absolute Gasteiger partial charge is 0.366 e. The fourth-order valence-electron chi connectivity index (χ4n) is 4.87. The molecule has 4 aromatic rings. The Hall–Kier alpha value is -3.68. The first kappa shape index (κ1) is 21.2. The van der Waals surface area contributed by atoms with E-state index < -0.39 is 6.04 Å². The molecule has 0 spiro atoms. The minimum absolute atomic E-state index is 0.0211. The first-order valence-electron chi connectivity index (χ1n) is 11.2. The van der Waals surface area contributed by atoms with E-state index in [1.807, 2.05) is 51.6 Å². The SMILES string of the molecule is CCC(C(=O)N1CCN(c2ccccc2F)CC1)n1c2ccccc2c2cnn(C)c(=O)c21. The van der Waals surface area contributed by atoms with Gasteiger partial charge in [-0.05, 0) is 24.6 Å². The van der Waals surface area contributed by atoms with E-state index in [1.54, 1.807) is 25.4 Å². The first-order valence-corrected chi connectivity index (χ1v) is 11.2. The smallest absolute Gasteiger partial charge is 0.291 e. The number of fused-ring (bicyclic) bond motifs is 3. The summed E-state index contributed by atoms with van der Waals surface area (Å²) >= 11 is 0. The van der Waals surface area contributed by atoms with Crippen LogP contribution in [0.1, 0.15) is 19.4 Å². The van der Waals surface area contributed by atoms with E-state index in [0.29, 0.717) is 43.8 Å². The second-order valence-electron chi connectivity index (χ2n) is 8.41. The highest BCUT2D eigenvalue weighted by molar-refractivity contribution is 6.08. The Morgan fingerprint density at radius 1 is 1.03 bits per heavy atom. The number of benzene rings is 2. The number of halogens is 1. The maximum absolute atomic E-state index is 14.2. The molecule has 0 N–H and O–H groups in total. The fourth-order valence-corrected chi connectivity index (χ4v) is 4.87. The lowest BCUT2D eigenvalue weighted by molar-refractivity contribution is -0.135. The van der Waals surface area contributed by atoms with Crippen molar-refractivity contribution in [2.75, 3.05) is 31.1 Å². The number of nitrogens with zero attached hydrogens (tertiary/aromatic N) is 5. The number of aryl methyl sites for hydroxylation is 1. The van der Waals surface area contributed by atoms with E-state index in [2.05, 4.69) is 5.10 Å². The number of hydrogen-bond acceptors (Lipinski definition) is 4. The van der Waals surface area contributed by atoms with E-state index in [4.69, 9.17) is 0 Å². The second-order valence-corrected chi connectivity index (χ2v) is 8.41. The van der Waals surface area contributed by atoms with Gasteiger partial charge in [-0.3, -0.25) is 9.59 Å². The molecule has 1 unspecified atom stereocenters. The van der Waals surface area contributed by atoms with Crippen LogP contribution >= 0.6 is 0 Å². The summed E-state index contributed by atoms with van der Waals surface area (Å²) in [6, 6.07) is 14.0. The molecular formula is C25H26FN5O2. The van der Waals surface area contributed by atoms with Crippen molar-refractivity contribution in [2.24, 2.45) is 7.05 Å². The van der Waals surface area contributed by atoms with Gasteiger partial charge < -0.3 is 14.4 Å². The Labute approximate surface area is 190 Å². The van der Waals surface area contributed by atoms with Crippen LogP contribution in [0.25, 0.3) is 21.8 Å². The number of anilines is 1. The molecule has 0 saturated carbocycles. The van der Waals surface area contributed by atoms with Crippen molar-refractivity contribution in [3.8, 4) is 0 Å². The Balaban J connectivity index is 1.50. The molecule has 5 rings (SSSR count). The Kier molecular flexibility index (Phi) is 5.36. The number of piperazine rings is 1. The van der Waals surface area contributed by atoms with Crippen LogP contribution in [0.2, 0.25) is 0 Å². The number of carbonyl (C=O) groups is 1. The number of amides is 1. The summed E-state index contributed by atoms with van der Waals surface area (Å²) in [4.78, 5) is 30.6. The van der Waals surface area contributed by atoms with Crippen LogP contribution in [0.4, 0.5) is 10.1 Å². The van der Waals surface area contributed by atoms with Crippen molar-refractivity contribution in [3.63, 3.8) is 0 Å². The molecule has 0 radical (unpaired) electrons. The zero-order valence-electron chi connectivity index (χ0n) is 18.7. The molecule has 2 aromatic heterocycles. The highest BCUT2D eigenvalue weighted by atomic mass is 19.1. The average molecular weight is 448 g/mol. The van der Waals surface area contributed by atoms with Gasteiger partial charge in [-0.1, -0.05) is 37.3 Å². The molecule has 7 nitrogen and oxygen atoms in total. The molecule has 0 aliphatic carbocycles. The van der Waals surface area contributed by atoms with Gasteiger partial charge in [0, 0.05) is 44.0 Å². The zero-order valence-corrected chi connectivity index (χ0v) is 18.7. The first-order chi connectivity index (χ1) is 16.0. The standard InChI is InChI=1S/C25H26FN5O2/c1-3-20(24(32)30-14-12-29(13-15-30)22-11-7-5-9-19(22)26)31-21-10-6-4-8-17(21)18-16-27-28(2)25(33)23(18)31/h4-11,16,20H,3,12-15H2,1-2H3. The normalized spacial score (nSPS) is 15.4. The van der Waals surface area contributed by atoms with Gasteiger partial charge in [0.05, 0.1) is 17.4 Å². The monoisotopic (exact) mass is 447 g/mol. The summed E-state index contributed by atoms with van der Waals surface area (Å²) in [6.07, 6.45) is 2.24. The van der Waals surface area contributed by atoms with Crippen LogP contribution in [0, 0.1) is 5.82 Å². The summed E-state index contributed by atoms with van der Waals surface area (Å²) < 4.78 is 17.4. The molecule has 8 heteroatoms. The molecule has 3 heterocycles. The molecule has 1 atom stereocenters. The van der Waals surface area contributed by atoms with Crippen LogP contribution < -0.4 is 10.5 Å². The Bertz CT molecular complexity index is 1400. The molecule has 1 aliphatic heterocycles. The third-order valence-corrected chi connectivity index (χ3v) is 6.57. The number of para-hydroxylation sites is 2. The molecule has 2 aromatic carbocycles. The molecule has 33 heavy (non-hydrogen) atoms. The van der Waals surface area contributed by atoms with Gasteiger partial charge in [0.2, 0.25) is 5.91 Å². The lowest BCUT2D eigenvalue weighted by Gasteiger charge is -2.38. The number of rotatable bonds is 4. The molecule has 1 fully saturated rings. The Morgan fingerprint density at radius 2 is 1.73 bits per heavy atom. The highest BCUT2D eigenvalue weighted by Gasteiger charge is 2.31. The quantitative estimate of drug-likeness (QED) is 0.482. The molecular weight excluding hydrogens is 421 g/mol. The van der Waals surface area contributed by atoms with Crippen LogP contribution in [0.15, 0.2) is 59.5 Å². The summed E-state index contributed by atoms with van der Waals surface area (Å²) in [5.74, 6) is -0.273. The third kappa shape index (κ3) is 3.46. The van der Waals surface area contributed by atoms with Gasteiger partial charge in [0.25, 0.3) is 5.56 Å². The number of hydrogen-bond donors (Lipinski definition) is 0. The summed E-state index contributed by atoms with van der Waals surface area (Å²) in [6.45, 7) is 4.08. The van der Waals surface area contributed by atoms with E-state index in [9.17, 15) is 14.0 Å². The van der Waals surface area contributed by atoms with Crippen molar-refractivity contribution in [1.29, 1.82) is 0 Å². The predicted molar refractivity (Wildman–Crippen MR) is 127 cm³/mol. The summed E-state index contributed by atoms with van der Waals surface area (Å²) in [7, 11) is 1.62. The van der Waals surface area contributed by atoms with Crippen LogP contribution in [-0.2, 0) is 11.8 Å². The van der Waals surface area contributed by atoms with Gasteiger partial charge in [-0.2, -0.15) is 5.10 Å². The van der Waals surface area contributed by atoms with Crippen molar-refractivity contribution in [1.82, 2.24) is 19.2 Å². The maximum atomic E-state index is 14.2. The maximum Gasteiger partial charge on any atom is 0.291 e. The molecule has 1 saturated heterocycles. The molecule has 1 aliphatic rings. The van der Waals surface area contributed by atoms with Gasteiger partial charge in [0.1, 0.15) is 17.4 Å². The number of aromatic nitrogens is 3. The van der Waals surface area contributed by atoms with Gasteiger partial charge in [-0.15, -0.1) is 0 Å². The van der Waals surface area contributed by atoms with Crippen molar-refractivity contribution in [2.45, 2.75) is 19.4 Å². The minimum atomic E-state index is -0.512. The molecule has 0 bridgehead atoms. The molecule has 170 valence electrons. The lowest BCUT2D eigenvalue weighted by Crippen LogP contribution is -2.51. The number of carbonyl (C=O) groups excluding carboxylic acids is 1. The van der Waals surface area contributed by atoms with Crippen molar-refractivity contribution >= 4 is 33.4 Å². The van der Waals surface area contributed by atoms with E-state index in [-0.39, 0.29) is 17.3 Å². The lowest BCUT2D eigenvalue weighted by atomic mass is 10.1. The summed E-state index contributed by atoms with van der Waals surface area (Å²) in [5, 5.41) is 5.86. The topological polar surface area (TPSA) is 63.4 Å². The van der Waals surface area contributed by atoms with E-state index in [1.165, 1.54) is 10.7 Å². The fraction of sp³-hybridized carbons (Fsp3) is 0.320.